The third-order valence-corrected chi connectivity index (χ3v) is 16.5. The van der Waals surface area contributed by atoms with Crippen LogP contribution in [0.4, 0.5) is 17.1 Å². The highest BCUT2D eigenvalue weighted by atomic mass is 32.1. The number of hydrogen-bond acceptors (Lipinski definition) is 2. The van der Waals surface area contributed by atoms with Crippen LogP contribution in [-0.2, 0) is 5.41 Å². The molecular weight excluding hydrogens is 839 g/mol. The minimum Gasteiger partial charge on any atom is -0.309 e. The van der Waals surface area contributed by atoms with Crippen molar-refractivity contribution in [1.82, 2.24) is 0 Å². The number of para-hydroxylation sites is 3. The second kappa shape index (κ2) is 16.7. The summed E-state index contributed by atoms with van der Waals surface area (Å²) in [6.07, 6.45) is 6.43. The van der Waals surface area contributed by atoms with Crippen molar-refractivity contribution in [3.63, 3.8) is 0 Å². The van der Waals surface area contributed by atoms with Gasteiger partial charge in [-0.1, -0.05) is 213 Å². The van der Waals surface area contributed by atoms with Gasteiger partial charge in [0.15, 0.2) is 0 Å². The minimum atomic E-state index is -0.316. The maximum atomic E-state index is 2.60. The Morgan fingerprint density at radius 2 is 0.897 bits per heavy atom. The third kappa shape index (κ3) is 6.42. The van der Waals surface area contributed by atoms with Gasteiger partial charge >= 0.3 is 0 Å². The molecule has 326 valence electrons. The molecule has 0 spiro atoms. The number of nitrogens with zero attached hydrogens (tertiary/aromatic N) is 1. The van der Waals surface area contributed by atoms with Crippen LogP contribution in [0.15, 0.2) is 224 Å². The Balaban J connectivity index is 1.10. The Morgan fingerprint density at radius 3 is 1.62 bits per heavy atom. The fraction of sp³-hybridized carbons (Fsp3) is 0.121. The largest absolute Gasteiger partial charge is 0.309 e. The summed E-state index contributed by atoms with van der Waals surface area (Å²) in [5.41, 5.74) is 18.6. The van der Waals surface area contributed by atoms with E-state index in [0.717, 1.165) is 17.1 Å². The lowest BCUT2D eigenvalue weighted by molar-refractivity contribution is 0.445. The molecule has 1 saturated carbocycles. The van der Waals surface area contributed by atoms with Crippen LogP contribution in [0.25, 0.3) is 75.5 Å². The molecule has 0 amide bonds. The Kier molecular flexibility index (Phi) is 9.98. The second-order valence-electron chi connectivity index (χ2n) is 19.0. The maximum Gasteiger partial charge on any atom is 0.0540 e. The number of benzene rings is 10. The molecule has 0 aliphatic heterocycles. The zero-order valence-electron chi connectivity index (χ0n) is 38.3. The summed E-state index contributed by atoms with van der Waals surface area (Å²) < 4.78 is 2.61. The van der Waals surface area contributed by atoms with Gasteiger partial charge in [0.25, 0.3) is 0 Å². The number of rotatable bonds is 8. The van der Waals surface area contributed by atoms with Crippen LogP contribution in [0.1, 0.15) is 67.2 Å². The first-order valence-electron chi connectivity index (χ1n) is 24.5. The third-order valence-electron chi connectivity index (χ3n) is 15.4. The first kappa shape index (κ1) is 40.7. The van der Waals surface area contributed by atoms with Crippen LogP contribution < -0.4 is 4.90 Å². The summed E-state index contributed by atoms with van der Waals surface area (Å²) in [6, 6.07) is 84.5. The van der Waals surface area contributed by atoms with Gasteiger partial charge in [-0.15, -0.1) is 11.3 Å². The Labute approximate surface area is 403 Å². The molecule has 68 heavy (non-hydrogen) atoms. The van der Waals surface area contributed by atoms with E-state index in [1.54, 1.807) is 0 Å². The summed E-state index contributed by atoms with van der Waals surface area (Å²) in [7, 11) is 0. The molecule has 2 aliphatic rings. The van der Waals surface area contributed by atoms with Gasteiger partial charge in [-0.25, -0.2) is 0 Å². The highest BCUT2D eigenvalue weighted by Crippen LogP contribution is 2.57. The molecular formula is C66H51NS. The molecule has 1 fully saturated rings. The average Bonchev–Trinajstić information content (AvgIpc) is 3.93. The second-order valence-corrected chi connectivity index (χ2v) is 20.1. The molecule has 0 radical (unpaired) electrons. The van der Waals surface area contributed by atoms with E-state index in [4.69, 9.17) is 0 Å². The standard InChI is InChI=1S/C66H51NS/c1-66(46-26-6-3-7-27-46)56-37-13-8-31-54(56)64-52(35-20-38-57(64)66)49-29-10-15-40-59(49)67(60-41-16-11-30-50(60)53-36-21-43-62-65(53)55-32-12-17-42-61(55)68-62)58-39-14-9-28-48(58)51-34-19-25-45-24-18-33-47(63(45)51)44-22-4-2-5-23-44/h3,6-21,24-44H,2,4-5,22-23H2,1H3. The minimum absolute atomic E-state index is 0.316. The maximum absolute atomic E-state index is 2.60. The van der Waals surface area contributed by atoms with E-state index in [1.807, 2.05) is 11.3 Å². The van der Waals surface area contributed by atoms with Crippen LogP contribution in [0.2, 0.25) is 0 Å². The first-order chi connectivity index (χ1) is 33.7. The van der Waals surface area contributed by atoms with Crippen molar-refractivity contribution < 1.29 is 0 Å². The highest BCUT2D eigenvalue weighted by Gasteiger charge is 2.42. The van der Waals surface area contributed by atoms with E-state index in [1.165, 1.54) is 130 Å². The fourth-order valence-corrected chi connectivity index (χ4v) is 13.4. The molecule has 0 N–H and O–H groups in total. The lowest BCUT2D eigenvalue weighted by atomic mass is 9.74. The molecule has 1 atom stereocenters. The summed E-state index contributed by atoms with van der Waals surface area (Å²) in [6.45, 7) is 2.42. The molecule has 11 aromatic rings. The molecule has 1 heterocycles. The van der Waals surface area contributed by atoms with Gasteiger partial charge in [-0.05, 0) is 117 Å². The van der Waals surface area contributed by atoms with Gasteiger partial charge in [-0.3, -0.25) is 0 Å². The van der Waals surface area contributed by atoms with Crippen LogP contribution in [-0.4, -0.2) is 0 Å². The predicted octanol–water partition coefficient (Wildman–Crippen LogP) is 19.1. The zero-order chi connectivity index (χ0) is 45.2. The van der Waals surface area contributed by atoms with Crippen molar-refractivity contribution in [2.75, 3.05) is 4.90 Å². The van der Waals surface area contributed by atoms with Gasteiger partial charge in [0, 0.05) is 42.3 Å². The van der Waals surface area contributed by atoms with Gasteiger partial charge in [0.1, 0.15) is 0 Å². The first-order valence-corrected chi connectivity index (χ1v) is 25.3. The van der Waals surface area contributed by atoms with Crippen LogP contribution in [0.5, 0.6) is 0 Å². The monoisotopic (exact) mass is 889 g/mol. The summed E-state index contributed by atoms with van der Waals surface area (Å²) in [5.74, 6) is 0.559. The van der Waals surface area contributed by atoms with Crippen molar-refractivity contribution in [2.45, 2.75) is 50.4 Å². The Bertz CT molecular complexity index is 3700. The van der Waals surface area contributed by atoms with Gasteiger partial charge in [0.2, 0.25) is 0 Å². The van der Waals surface area contributed by atoms with Gasteiger partial charge < -0.3 is 4.90 Å². The van der Waals surface area contributed by atoms with E-state index in [-0.39, 0.29) is 5.41 Å². The predicted molar refractivity (Wildman–Crippen MR) is 291 cm³/mol. The Hall–Kier alpha value is -7.52. The molecule has 13 rings (SSSR count). The van der Waals surface area contributed by atoms with Crippen molar-refractivity contribution >= 4 is 59.3 Å². The quantitative estimate of drug-likeness (QED) is 0.147. The smallest absolute Gasteiger partial charge is 0.0540 e. The summed E-state index contributed by atoms with van der Waals surface area (Å²) in [5, 5.41) is 5.31. The molecule has 2 heteroatoms. The lowest BCUT2D eigenvalue weighted by Crippen LogP contribution is -2.22. The molecule has 1 unspecified atom stereocenters. The van der Waals surface area contributed by atoms with E-state index < -0.39 is 0 Å². The number of hydrogen-bond donors (Lipinski definition) is 0. The van der Waals surface area contributed by atoms with Crippen molar-refractivity contribution in [3.05, 3.63) is 247 Å². The fourth-order valence-electron chi connectivity index (χ4n) is 12.3. The van der Waals surface area contributed by atoms with E-state index >= 15 is 0 Å². The summed E-state index contributed by atoms with van der Waals surface area (Å²) in [4.78, 5) is 2.60. The summed E-state index contributed by atoms with van der Waals surface area (Å²) >= 11 is 1.88. The zero-order valence-corrected chi connectivity index (χ0v) is 39.1. The molecule has 0 bridgehead atoms. The van der Waals surface area contributed by atoms with E-state index in [9.17, 15) is 0 Å². The highest BCUT2D eigenvalue weighted by molar-refractivity contribution is 7.25. The Morgan fingerprint density at radius 1 is 0.397 bits per heavy atom. The van der Waals surface area contributed by atoms with Crippen LogP contribution >= 0.6 is 11.3 Å². The van der Waals surface area contributed by atoms with E-state index in [2.05, 4.69) is 236 Å². The van der Waals surface area contributed by atoms with Crippen molar-refractivity contribution in [2.24, 2.45) is 0 Å². The topological polar surface area (TPSA) is 3.24 Å². The average molecular weight is 890 g/mol. The molecule has 10 aromatic carbocycles. The van der Waals surface area contributed by atoms with Crippen molar-refractivity contribution in [1.29, 1.82) is 0 Å². The van der Waals surface area contributed by atoms with E-state index in [0.29, 0.717) is 5.92 Å². The molecule has 0 saturated heterocycles. The number of fused-ring (bicyclic) bond motifs is 7. The SMILES string of the molecule is CC1(c2ccccc2)c2ccccc2-c2c(-c3ccccc3N(c3ccccc3-c3cccc4cccc(C5CCCCC5)c34)c3ccccc3-c3cccc4sc5ccccc5c34)cccc21. The van der Waals surface area contributed by atoms with Gasteiger partial charge in [-0.2, -0.15) is 0 Å². The lowest BCUT2D eigenvalue weighted by Gasteiger charge is -2.32. The van der Waals surface area contributed by atoms with Gasteiger partial charge in [0.05, 0.1) is 17.1 Å². The van der Waals surface area contributed by atoms with Crippen LogP contribution in [0.3, 0.4) is 0 Å². The molecule has 1 aromatic heterocycles. The normalized spacial score (nSPS) is 15.7. The van der Waals surface area contributed by atoms with Crippen LogP contribution in [0, 0.1) is 0 Å². The van der Waals surface area contributed by atoms with Crippen molar-refractivity contribution in [3.8, 4) is 44.5 Å². The number of anilines is 3. The molecule has 2 aliphatic carbocycles. The number of thiophene rings is 1. The molecule has 1 nitrogen and oxygen atoms in total.